The molecule has 0 bridgehead atoms. The quantitative estimate of drug-likeness (QED) is 0.456. The summed E-state index contributed by atoms with van der Waals surface area (Å²) >= 11 is 0. The molecule has 0 heterocycles. The second kappa shape index (κ2) is 11.2. The van der Waals surface area contributed by atoms with Crippen molar-refractivity contribution in [3.63, 3.8) is 0 Å². The maximum absolute atomic E-state index is 9.91. The molecule has 0 aliphatic heterocycles. The zero-order valence-electron chi connectivity index (χ0n) is 14.7. The SMILES string of the molecule is CC(C)(C)C(=O)[O-].CC(C)(C)C(=O)[O-].CC(C)(C)C(=O)[O-].[Lu+3]. The van der Waals surface area contributed by atoms with E-state index in [4.69, 9.17) is 0 Å². The van der Waals surface area contributed by atoms with Crippen molar-refractivity contribution in [2.24, 2.45) is 16.2 Å². The predicted octanol–water partition coefficient (Wildman–Crippen LogP) is -0.653. The normalized spacial score (nSPS) is 10.8. The number of carbonyl (C=O) groups is 3. The van der Waals surface area contributed by atoms with Gasteiger partial charge in [-0.25, -0.2) is 0 Å². The molecule has 0 amide bonds. The molecule has 0 saturated carbocycles. The Labute approximate surface area is 162 Å². The summed E-state index contributed by atoms with van der Waals surface area (Å²) < 4.78 is 0. The average Bonchev–Trinajstić information content (AvgIpc) is 2.14. The van der Waals surface area contributed by atoms with Crippen LogP contribution in [0.15, 0.2) is 0 Å². The molecule has 0 N–H and O–H groups in total. The molecule has 0 atom stereocenters. The molecule has 0 saturated heterocycles. The van der Waals surface area contributed by atoms with Crippen LogP contribution in [-0.2, 0) is 14.4 Å². The van der Waals surface area contributed by atoms with E-state index in [1.54, 1.807) is 62.3 Å². The Morgan fingerprint density at radius 3 is 0.545 bits per heavy atom. The van der Waals surface area contributed by atoms with Crippen molar-refractivity contribution in [2.75, 3.05) is 0 Å². The van der Waals surface area contributed by atoms with Crippen LogP contribution < -0.4 is 15.3 Å². The predicted molar refractivity (Wildman–Crippen MR) is 73.4 cm³/mol. The molecule has 0 aliphatic carbocycles. The molecule has 0 aliphatic rings. The molecule has 0 aromatic rings. The van der Waals surface area contributed by atoms with E-state index in [0.29, 0.717) is 0 Å². The third-order valence-corrected chi connectivity index (χ3v) is 1.84. The molecular formula is C15H27LuO6. The van der Waals surface area contributed by atoms with Crippen LogP contribution in [0.3, 0.4) is 0 Å². The van der Waals surface area contributed by atoms with Gasteiger partial charge in [0.25, 0.3) is 0 Å². The molecular weight excluding hydrogens is 451 g/mol. The van der Waals surface area contributed by atoms with Gasteiger partial charge in [0.05, 0.1) is 0 Å². The Morgan fingerprint density at radius 1 is 0.500 bits per heavy atom. The summed E-state index contributed by atoms with van der Waals surface area (Å²) in [6, 6.07) is 0. The van der Waals surface area contributed by atoms with E-state index in [9.17, 15) is 29.7 Å². The zero-order chi connectivity index (χ0) is 18.2. The molecule has 0 radical (unpaired) electrons. The smallest absolute Gasteiger partial charge is 0.550 e. The summed E-state index contributed by atoms with van der Waals surface area (Å²) in [5, 5.41) is 29.7. The van der Waals surface area contributed by atoms with Crippen molar-refractivity contribution in [2.45, 2.75) is 62.3 Å². The Bertz CT molecular complexity index is 299. The fraction of sp³-hybridized carbons (Fsp3) is 0.800. The number of rotatable bonds is 0. The third-order valence-electron chi connectivity index (χ3n) is 1.84. The largest absolute Gasteiger partial charge is 3.00 e. The first-order valence-electron chi connectivity index (χ1n) is 6.47. The van der Waals surface area contributed by atoms with Crippen LogP contribution in [0, 0.1) is 53.1 Å². The fourth-order valence-corrected chi connectivity index (χ4v) is 0. The molecule has 0 fully saturated rings. The number of hydrogen-bond acceptors (Lipinski definition) is 6. The van der Waals surface area contributed by atoms with Crippen molar-refractivity contribution in [3.8, 4) is 0 Å². The Balaban J connectivity index is -0.000000108. The van der Waals surface area contributed by atoms with Gasteiger partial charge in [-0.2, -0.15) is 0 Å². The van der Waals surface area contributed by atoms with Crippen LogP contribution in [0.2, 0.25) is 0 Å². The number of carbonyl (C=O) groups excluding carboxylic acids is 3. The minimum atomic E-state index is -1.01. The summed E-state index contributed by atoms with van der Waals surface area (Å²) in [5.74, 6) is -3.02. The second-order valence-corrected chi connectivity index (χ2v) is 7.61. The minimum Gasteiger partial charge on any atom is -0.550 e. The summed E-state index contributed by atoms with van der Waals surface area (Å²) in [4.78, 5) is 29.7. The second-order valence-electron chi connectivity index (χ2n) is 7.61. The van der Waals surface area contributed by atoms with Crippen molar-refractivity contribution in [1.82, 2.24) is 0 Å². The summed E-state index contributed by atoms with van der Waals surface area (Å²) in [6.07, 6.45) is 0. The van der Waals surface area contributed by atoms with Gasteiger partial charge in [0, 0.05) is 34.2 Å². The molecule has 0 spiro atoms. The van der Waals surface area contributed by atoms with Crippen LogP contribution in [-0.4, -0.2) is 17.9 Å². The summed E-state index contributed by atoms with van der Waals surface area (Å²) in [6.45, 7) is 14.4. The topological polar surface area (TPSA) is 120 Å². The van der Waals surface area contributed by atoms with Crippen molar-refractivity contribution in [1.29, 1.82) is 0 Å². The van der Waals surface area contributed by atoms with Crippen LogP contribution in [0.25, 0.3) is 0 Å². The van der Waals surface area contributed by atoms with E-state index >= 15 is 0 Å². The number of hydrogen-bond donors (Lipinski definition) is 0. The van der Waals surface area contributed by atoms with Gasteiger partial charge in [-0.3, -0.25) is 0 Å². The number of carboxylic acids is 3. The number of aliphatic carboxylic acids is 3. The van der Waals surface area contributed by atoms with Crippen LogP contribution in [0.1, 0.15) is 62.3 Å². The van der Waals surface area contributed by atoms with Gasteiger partial charge >= 0.3 is 36.9 Å². The Morgan fingerprint density at radius 2 is 0.545 bits per heavy atom. The van der Waals surface area contributed by atoms with Crippen LogP contribution in [0.5, 0.6) is 0 Å². The first-order valence-corrected chi connectivity index (χ1v) is 6.47. The van der Waals surface area contributed by atoms with Crippen LogP contribution in [0.4, 0.5) is 0 Å². The molecule has 0 unspecified atom stereocenters. The molecule has 22 heavy (non-hydrogen) atoms. The minimum absolute atomic E-state index is 0. The molecule has 0 aromatic heterocycles. The van der Waals surface area contributed by atoms with Crippen molar-refractivity contribution < 1.29 is 66.6 Å². The van der Waals surface area contributed by atoms with E-state index in [-0.39, 0.29) is 36.9 Å². The molecule has 0 rings (SSSR count). The molecule has 138 valence electrons. The first-order chi connectivity index (χ1) is 8.83. The van der Waals surface area contributed by atoms with Gasteiger partial charge in [-0.1, -0.05) is 62.3 Å². The Kier molecular flexibility index (Phi) is 15.1. The van der Waals surface area contributed by atoms with Gasteiger partial charge < -0.3 is 29.7 Å². The molecule has 7 heteroatoms. The van der Waals surface area contributed by atoms with Gasteiger partial charge in [0.15, 0.2) is 0 Å². The van der Waals surface area contributed by atoms with Crippen LogP contribution >= 0.6 is 0 Å². The fourth-order valence-electron chi connectivity index (χ4n) is 0. The van der Waals surface area contributed by atoms with E-state index in [1.165, 1.54) is 0 Å². The monoisotopic (exact) mass is 478 g/mol. The average molecular weight is 478 g/mol. The van der Waals surface area contributed by atoms with Gasteiger partial charge in [0.1, 0.15) is 0 Å². The third kappa shape index (κ3) is 21.9. The van der Waals surface area contributed by atoms with Crippen molar-refractivity contribution in [3.05, 3.63) is 0 Å². The Hall–Kier alpha value is -0.356. The zero-order valence-corrected chi connectivity index (χ0v) is 16.4. The summed E-state index contributed by atoms with van der Waals surface area (Å²) in [5.41, 5.74) is -2.08. The first kappa shape index (κ1) is 29.6. The maximum Gasteiger partial charge on any atom is 3.00 e. The van der Waals surface area contributed by atoms with E-state index in [2.05, 4.69) is 0 Å². The molecule has 0 aromatic carbocycles. The molecule has 6 nitrogen and oxygen atoms in total. The van der Waals surface area contributed by atoms with E-state index in [0.717, 1.165) is 0 Å². The number of carboxylic acid groups (broad SMARTS) is 3. The van der Waals surface area contributed by atoms with E-state index < -0.39 is 34.2 Å². The summed E-state index contributed by atoms with van der Waals surface area (Å²) in [7, 11) is 0. The van der Waals surface area contributed by atoms with Gasteiger partial charge in [0.2, 0.25) is 0 Å². The van der Waals surface area contributed by atoms with E-state index in [1.807, 2.05) is 0 Å². The standard InChI is InChI=1S/3C5H10O2.Lu/c3*1-5(2,3)4(6)7;/h3*1-3H3,(H,6,7);/q;;;+3/p-3. The van der Waals surface area contributed by atoms with Gasteiger partial charge in [-0.05, 0) is 0 Å². The van der Waals surface area contributed by atoms with Crippen molar-refractivity contribution >= 4 is 17.9 Å². The maximum atomic E-state index is 9.91. The van der Waals surface area contributed by atoms with Gasteiger partial charge in [-0.15, -0.1) is 0 Å².